The molecule has 0 atom stereocenters. The molecule has 0 bridgehead atoms. The van der Waals surface area contributed by atoms with Gasteiger partial charge >= 0.3 is 0 Å². The Morgan fingerprint density at radius 3 is 2.32 bits per heavy atom. The maximum atomic E-state index is 11.3. The van der Waals surface area contributed by atoms with Crippen molar-refractivity contribution in [3.05, 3.63) is 56.1 Å². The molecule has 13 nitrogen and oxygen atoms in total. The van der Waals surface area contributed by atoms with Gasteiger partial charge in [0.2, 0.25) is 16.8 Å². The maximum Gasteiger partial charge on any atom is 0.295 e. The van der Waals surface area contributed by atoms with Crippen LogP contribution in [-0.4, -0.2) is 31.3 Å². The van der Waals surface area contributed by atoms with E-state index in [9.17, 15) is 28.6 Å². The van der Waals surface area contributed by atoms with E-state index >= 15 is 0 Å². The summed E-state index contributed by atoms with van der Waals surface area (Å²) in [5.74, 6) is 0.501. The summed E-state index contributed by atoms with van der Waals surface area (Å²) in [6, 6.07) is 5.44. The van der Waals surface area contributed by atoms with Crippen molar-refractivity contribution in [1.29, 1.82) is 0 Å². The van der Waals surface area contributed by atoms with Crippen molar-refractivity contribution in [3.8, 4) is 11.5 Å². The number of sulfonamides is 1. The summed E-state index contributed by atoms with van der Waals surface area (Å²) in [6.45, 7) is -0.0755. The minimum Gasteiger partial charge on any atom is -0.454 e. The molecular weight excluding hydrogens is 398 g/mol. The Bertz CT molecular complexity index is 1110. The summed E-state index contributed by atoms with van der Waals surface area (Å²) in [7, 11) is -4.13. The van der Waals surface area contributed by atoms with Crippen molar-refractivity contribution in [2.75, 3.05) is 12.2 Å². The molecule has 3 N–H and O–H groups in total. The smallest absolute Gasteiger partial charge is 0.295 e. The van der Waals surface area contributed by atoms with E-state index in [2.05, 4.69) is 10.5 Å². The molecule has 0 fully saturated rings. The van der Waals surface area contributed by atoms with Crippen LogP contribution < -0.4 is 20.0 Å². The van der Waals surface area contributed by atoms with Crippen molar-refractivity contribution >= 4 is 33.3 Å². The second-order valence-electron chi connectivity index (χ2n) is 5.37. The zero-order valence-electron chi connectivity index (χ0n) is 13.8. The molecule has 146 valence electrons. The third-order valence-electron chi connectivity index (χ3n) is 3.60. The lowest BCUT2D eigenvalue weighted by Crippen LogP contribution is -2.12. The van der Waals surface area contributed by atoms with Crippen molar-refractivity contribution in [1.82, 2.24) is 0 Å². The SMILES string of the molecule is NS(=O)(=O)c1ccc(N/N=C/c2cc3c(cc2[N+](=O)[O-])OCO3)c([N+](=O)[O-])c1. The van der Waals surface area contributed by atoms with Crippen molar-refractivity contribution in [2.45, 2.75) is 4.90 Å². The van der Waals surface area contributed by atoms with Crippen LogP contribution in [0.1, 0.15) is 5.56 Å². The lowest BCUT2D eigenvalue weighted by molar-refractivity contribution is -0.385. The molecule has 0 spiro atoms. The van der Waals surface area contributed by atoms with E-state index in [4.69, 9.17) is 14.6 Å². The predicted molar refractivity (Wildman–Crippen MR) is 94.9 cm³/mol. The van der Waals surface area contributed by atoms with Crippen LogP contribution in [0.4, 0.5) is 17.1 Å². The van der Waals surface area contributed by atoms with Crippen LogP contribution in [0.5, 0.6) is 11.5 Å². The highest BCUT2D eigenvalue weighted by Gasteiger charge is 2.23. The van der Waals surface area contributed by atoms with Crippen molar-refractivity contribution in [3.63, 3.8) is 0 Å². The number of nitrogens with zero attached hydrogens (tertiary/aromatic N) is 3. The number of benzene rings is 2. The quantitative estimate of drug-likeness (QED) is 0.402. The summed E-state index contributed by atoms with van der Waals surface area (Å²) in [4.78, 5) is 20.4. The Labute approximate surface area is 156 Å². The molecule has 28 heavy (non-hydrogen) atoms. The van der Waals surface area contributed by atoms with Crippen LogP contribution in [0, 0.1) is 20.2 Å². The van der Waals surface area contributed by atoms with Gasteiger partial charge in [-0.1, -0.05) is 0 Å². The van der Waals surface area contributed by atoms with Gasteiger partial charge in [0.15, 0.2) is 11.5 Å². The minimum atomic E-state index is -4.13. The Kier molecular flexibility index (Phi) is 4.81. The fourth-order valence-electron chi connectivity index (χ4n) is 2.31. The summed E-state index contributed by atoms with van der Waals surface area (Å²) in [5.41, 5.74) is 1.37. The van der Waals surface area contributed by atoms with E-state index in [1.807, 2.05) is 0 Å². The van der Waals surface area contributed by atoms with Crippen LogP contribution in [0.25, 0.3) is 0 Å². The summed E-state index contributed by atoms with van der Waals surface area (Å²) >= 11 is 0. The van der Waals surface area contributed by atoms with Gasteiger partial charge in [-0.25, -0.2) is 13.6 Å². The number of hydrogen-bond donors (Lipinski definition) is 2. The molecule has 2 aromatic carbocycles. The first-order valence-electron chi connectivity index (χ1n) is 7.35. The molecule has 1 aliphatic heterocycles. The molecule has 0 saturated heterocycles. The van der Waals surface area contributed by atoms with Gasteiger partial charge in [0.05, 0.1) is 32.6 Å². The molecule has 0 radical (unpaired) electrons. The second kappa shape index (κ2) is 7.09. The average Bonchev–Trinajstić information content (AvgIpc) is 3.07. The fraction of sp³-hybridized carbons (Fsp3) is 0.0714. The molecule has 2 aromatic rings. The topological polar surface area (TPSA) is 189 Å². The molecule has 0 aliphatic carbocycles. The Balaban J connectivity index is 1.91. The number of rotatable bonds is 6. The normalized spacial score (nSPS) is 12.9. The monoisotopic (exact) mass is 409 g/mol. The number of ether oxygens (including phenoxy) is 2. The Morgan fingerprint density at radius 1 is 1.07 bits per heavy atom. The molecule has 14 heteroatoms. The number of anilines is 1. The predicted octanol–water partition coefficient (Wildman–Crippen LogP) is 1.33. The highest BCUT2D eigenvalue weighted by atomic mass is 32.2. The lowest BCUT2D eigenvalue weighted by atomic mass is 10.1. The number of nitrogens with one attached hydrogen (secondary N) is 1. The number of nitro groups is 2. The zero-order chi connectivity index (χ0) is 20.5. The van der Waals surface area contributed by atoms with Gasteiger partial charge in [-0.05, 0) is 18.2 Å². The summed E-state index contributed by atoms with van der Waals surface area (Å²) in [5, 5.41) is 31.1. The van der Waals surface area contributed by atoms with Crippen molar-refractivity contribution in [2.24, 2.45) is 10.2 Å². The maximum absolute atomic E-state index is 11.3. The summed E-state index contributed by atoms with van der Waals surface area (Å²) in [6.07, 6.45) is 1.07. The van der Waals surface area contributed by atoms with Crippen LogP contribution in [0.15, 0.2) is 40.3 Å². The first-order chi connectivity index (χ1) is 13.2. The zero-order valence-corrected chi connectivity index (χ0v) is 14.6. The van der Waals surface area contributed by atoms with E-state index < -0.39 is 30.5 Å². The molecule has 3 rings (SSSR count). The molecule has 1 heterocycles. The van der Waals surface area contributed by atoms with Crippen LogP contribution in [0.3, 0.4) is 0 Å². The van der Waals surface area contributed by atoms with Gasteiger partial charge in [-0.15, -0.1) is 0 Å². The third kappa shape index (κ3) is 3.81. The number of primary sulfonamides is 1. The van der Waals surface area contributed by atoms with E-state index in [1.54, 1.807) is 0 Å². The highest BCUT2D eigenvalue weighted by molar-refractivity contribution is 7.89. The second-order valence-corrected chi connectivity index (χ2v) is 6.93. The summed E-state index contributed by atoms with van der Waals surface area (Å²) < 4.78 is 32.9. The third-order valence-corrected chi connectivity index (χ3v) is 4.51. The van der Waals surface area contributed by atoms with Gasteiger partial charge in [0, 0.05) is 6.07 Å². The number of hydrazone groups is 1. The molecule has 0 unspecified atom stereocenters. The van der Waals surface area contributed by atoms with Crippen LogP contribution >= 0.6 is 0 Å². The van der Waals surface area contributed by atoms with E-state index in [-0.39, 0.29) is 35.2 Å². The highest BCUT2D eigenvalue weighted by Crippen LogP contribution is 2.37. The Morgan fingerprint density at radius 2 is 1.71 bits per heavy atom. The van der Waals surface area contributed by atoms with E-state index in [0.29, 0.717) is 0 Å². The number of fused-ring (bicyclic) bond motifs is 1. The van der Waals surface area contributed by atoms with E-state index in [1.165, 1.54) is 12.1 Å². The standard InChI is InChI=1S/C14H11N5O8S/c15-28(24,25)9-1-2-10(12(4-9)19(22)23)17-16-6-8-3-13-14(27-7-26-13)5-11(8)18(20)21/h1-6,17H,7H2,(H2,15,24,25)/b16-6+. The fourth-order valence-corrected chi connectivity index (χ4v) is 2.85. The molecule has 1 aliphatic rings. The molecule has 0 saturated carbocycles. The number of nitro benzene ring substituents is 2. The van der Waals surface area contributed by atoms with Gasteiger partial charge in [-0.2, -0.15) is 5.10 Å². The van der Waals surface area contributed by atoms with E-state index in [0.717, 1.165) is 24.4 Å². The molecule has 0 aromatic heterocycles. The average molecular weight is 409 g/mol. The first-order valence-corrected chi connectivity index (χ1v) is 8.90. The first kappa shape index (κ1) is 19.0. The number of nitrogens with two attached hydrogens (primary N) is 1. The lowest BCUT2D eigenvalue weighted by Gasteiger charge is -2.04. The number of hydrogen-bond acceptors (Lipinski definition) is 10. The molecule has 0 amide bonds. The van der Waals surface area contributed by atoms with Crippen LogP contribution in [-0.2, 0) is 10.0 Å². The van der Waals surface area contributed by atoms with Gasteiger partial charge < -0.3 is 9.47 Å². The van der Waals surface area contributed by atoms with Crippen molar-refractivity contribution < 1.29 is 27.7 Å². The van der Waals surface area contributed by atoms with Gasteiger partial charge in [0.1, 0.15) is 5.69 Å². The largest absolute Gasteiger partial charge is 0.454 e. The van der Waals surface area contributed by atoms with Crippen LogP contribution in [0.2, 0.25) is 0 Å². The molecular formula is C14H11N5O8S. The minimum absolute atomic E-state index is 0.0607. The Hall–Kier alpha value is -3.78. The van der Waals surface area contributed by atoms with Gasteiger partial charge in [-0.3, -0.25) is 25.7 Å². The van der Waals surface area contributed by atoms with Gasteiger partial charge in [0.25, 0.3) is 11.4 Å².